The third-order valence-electron chi connectivity index (χ3n) is 4.46. The van der Waals surface area contributed by atoms with E-state index in [9.17, 15) is 14.4 Å². The van der Waals surface area contributed by atoms with Crippen LogP contribution in [-0.2, 0) is 16.1 Å². The Morgan fingerprint density at radius 3 is 2.88 bits per heavy atom. The van der Waals surface area contributed by atoms with E-state index in [0.717, 1.165) is 0 Å². The maximum Gasteiger partial charge on any atom is 0.268 e. The van der Waals surface area contributed by atoms with E-state index in [2.05, 4.69) is 16.5 Å². The van der Waals surface area contributed by atoms with E-state index in [0.29, 0.717) is 42.0 Å². The maximum absolute atomic E-state index is 12.6. The van der Waals surface area contributed by atoms with Gasteiger partial charge in [-0.3, -0.25) is 14.4 Å². The molecule has 1 N–H and O–H groups in total. The van der Waals surface area contributed by atoms with Crippen molar-refractivity contribution in [2.45, 2.75) is 19.4 Å². The fraction of sp³-hybridized carbons (Fsp3) is 0.412. The first-order chi connectivity index (χ1) is 12.0. The van der Waals surface area contributed by atoms with Crippen LogP contribution in [0.2, 0.25) is 0 Å². The molecule has 1 aliphatic heterocycles. The number of H-pyrrole nitrogens is 1. The minimum absolute atomic E-state index is 0.0127. The molecule has 3 rings (SSSR count). The highest BCUT2D eigenvalue weighted by molar-refractivity contribution is 7.17. The molecule has 2 aromatic heterocycles. The lowest BCUT2D eigenvalue weighted by atomic mass is 9.95. The van der Waals surface area contributed by atoms with E-state index in [-0.39, 0.29) is 29.8 Å². The van der Waals surface area contributed by atoms with Gasteiger partial charge in [0, 0.05) is 26.1 Å². The average Bonchev–Trinajstić information content (AvgIpc) is 3.09. The van der Waals surface area contributed by atoms with Crippen molar-refractivity contribution in [3.63, 3.8) is 0 Å². The number of carbonyl (C=O) groups excluding carboxylic acids is 2. The number of nitrogens with zero attached hydrogens (tertiary/aromatic N) is 3. The molecule has 1 fully saturated rings. The molecule has 0 spiro atoms. The second-order valence-corrected chi connectivity index (χ2v) is 7.06. The molecular formula is C17H20N4O3S. The number of aromatic amines is 1. The van der Waals surface area contributed by atoms with Crippen LogP contribution in [-0.4, -0.2) is 51.7 Å². The number of nitrogens with one attached hydrogen (secondary N) is 1. The van der Waals surface area contributed by atoms with Crippen molar-refractivity contribution < 1.29 is 9.59 Å². The molecule has 0 unspecified atom stereocenters. The Bertz CT molecular complexity index is 864. The molecule has 0 aromatic carbocycles. The van der Waals surface area contributed by atoms with Gasteiger partial charge in [-0.05, 0) is 30.4 Å². The van der Waals surface area contributed by atoms with Gasteiger partial charge >= 0.3 is 0 Å². The van der Waals surface area contributed by atoms with Gasteiger partial charge in [0.1, 0.15) is 10.5 Å². The third-order valence-corrected chi connectivity index (χ3v) is 5.36. The molecule has 132 valence electrons. The largest absolute Gasteiger partial charge is 0.339 e. The summed E-state index contributed by atoms with van der Waals surface area (Å²) in [6.45, 7) is 4.86. The van der Waals surface area contributed by atoms with Crippen molar-refractivity contribution in [2.75, 3.05) is 20.1 Å². The van der Waals surface area contributed by atoms with E-state index in [1.807, 2.05) is 5.38 Å². The van der Waals surface area contributed by atoms with Gasteiger partial charge in [-0.25, -0.2) is 4.98 Å². The predicted octanol–water partition coefficient (Wildman–Crippen LogP) is 1.37. The van der Waals surface area contributed by atoms with E-state index in [1.165, 1.54) is 17.4 Å². The zero-order valence-electron chi connectivity index (χ0n) is 14.0. The van der Waals surface area contributed by atoms with Crippen LogP contribution in [0.3, 0.4) is 0 Å². The number of thiophene rings is 1. The first kappa shape index (κ1) is 17.3. The lowest BCUT2D eigenvalue weighted by Gasteiger charge is -2.32. The third kappa shape index (κ3) is 3.63. The molecule has 2 amide bonds. The van der Waals surface area contributed by atoms with Crippen LogP contribution in [0.15, 0.2) is 28.9 Å². The lowest BCUT2D eigenvalue weighted by Crippen LogP contribution is -2.43. The number of likely N-dealkylation sites (tertiary alicyclic amines) is 1. The lowest BCUT2D eigenvalue weighted by molar-refractivity contribution is -0.138. The van der Waals surface area contributed by atoms with E-state index >= 15 is 0 Å². The molecule has 8 heteroatoms. The molecule has 2 aromatic rings. The molecule has 0 bridgehead atoms. The van der Waals surface area contributed by atoms with Crippen LogP contribution in [0, 0.1) is 5.92 Å². The van der Waals surface area contributed by atoms with Crippen molar-refractivity contribution in [3.8, 4) is 0 Å². The normalized spacial score (nSPS) is 15.3. The molecule has 0 saturated carbocycles. The second kappa shape index (κ2) is 7.18. The van der Waals surface area contributed by atoms with Crippen LogP contribution in [0.5, 0.6) is 0 Å². The molecule has 1 saturated heterocycles. The molecule has 1 aliphatic rings. The van der Waals surface area contributed by atoms with Crippen LogP contribution < -0.4 is 5.56 Å². The standard InChI is InChI=1S/C17H20N4O3S/c1-3-14(22)21-7-4-11(5-8-21)17(24)20(2)10-13-18-12-6-9-25-15(12)16(23)19-13/h3,6,9,11H,1,4-5,7-8,10H2,2H3,(H,18,19,23). The number of piperidine rings is 1. The SMILES string of the molecule is C=CC(=O)N1CCC(C(=O)N(C)Cc2nc3ccsc3c(=O)[nH]2)CC1. The summed E-state index contributed by atoms with van der Waals surface area (Å²) in [5, 5.41) is 1.82. The van der Waals surface area contributed by atoms with E-state index < -0.39 is 0 Å². The van der Waals surface area contributed by atoms with Crippen LogP contribution in [0.1, 0.15) is 18.7 Å². The topological polar surface area (TPSA) is 86.4 Å². The molecule has 25 heavy (non-hydrogen) atoms. The smallest absolute Gasteiger partial charge is 0.268 e. The number of amides is 2. The van der Waals surface area contributed by atoms with Gasteiger partial charge in [0.05, 0.1) is 12.1 Å². The number of hydrogen-bond acceptors (Lipinski definition) is 5. The summed E-state index contributed by atoms with van der Waals surface area (Å²) in [5.74, 6) is 0.283. The highest BCUT2D eigenvalue weighted by Gasteiger charge is 2.28. The Morgan fingerprint density at radius 1 is 1.48 bits per heavy atom. The Hall–Kier alpha value is -2.48. The van der Waals surface area contributed by atoms with Gasteiger partial charge in [-0.1, -0.05) is 6.58 Å². The average molecular weight is 360 g/mol. The zero-order chi connectivity index (χ0) is 18.0. The Balaban J connectivity index is 1.63. The first-order valence-electron chi connectivity index (χ1n) is 8.12. The van der Waals surface area contributed by atoms with Crippen molar-refractivity contribution in [1.29, 1.82) is 0 Å². The number of fused-ring (bicyclic) bond motifs is 1. The molecule has 7 nitrogen and oxygen atoms in total. The van der Waals surface area contributed by atoms with Gasteiger partial charge in [0.2, 0.25) is 11.8 Å². The summed E-state index contributed by atoms with van der Waals surface area (Å²) in [6.07, 6.45) is 2.57. The van der Waals surface area contributed by atoms with Crippen molar-refractivity contribution in [1.82, 2.24) is 19.8 Å². The van der Waals surface area contributed by atoms with Gasteiger partial charge in [-0.2, -0.15) is 0 Å². The van der Waals surface area contributed by atoms with Gasteiger partial charge in [-0.15, -0.1) is 11.3 Å². The van der Waals surface area contributed by atoms with Gasteiger partial charge in [0.15, 0.2) is 0 Å². The Morgan fingerprint density at radius 2 is 2.20 bits per heavy atom. The minimum atomic E-state index is -0.174. The fourth-order valence-electron chi connectivity index (χ4n) is 3.09. The summed E-state index contributed by atoms with van der Waals surface area (Å²) in [4.78, 5) is 46.7. The van der Waals surface area contributed by atoms with Gasteiger partial charge in [0.25, 0.3) is 5.56 Å². The van der Waals surface area contributed by atoms with Crippen molar-refractivity contribution in [2.24, 2.45) is 5.92 Å². The molecule has 3 heterocycles. The van der Waals surface area contributed by atoms with Gasteiger partial charge < -0.3 is 14.8 Å². The molecule has 0 aliphatic carbocycles. The summed E-state index contributed by atoms with van der Waals surface area (Å²) in [6, 6.07) is 1.80. The monoisotopic (exact) mass is 360 g/mol. The zero-order valence-corrected chi connectivity index (χ0v) is 14.8. The minimum Gasteiger partial charge on any atom is -0.339 e. The van der Waals surface area contributed by atoms with Crippen molar-refractivity contribution in [3.05, 3.63) is 40.3 Å². The molecular weight excluding hydrogens is 340 g/mol. The summed E-state index contributed by atoms with van der Waals surface area (Å²) < 4.78 is 0.594. The number of aromatic nitrogens is 2. The van der Waals surface area contributed by atoms with Crippen LogP contribution in [0.4, 0.5) is 0 Å². The number of hydrogen-bond donors (Lipinski definition) is 1. The summed E-state index contributed by atoms with van der Waals surface area (Å²) >= 11 is 1.35. The predicted molar refractivity (Wildman–Crippen MR) is 96.2 cm³/mol. The molecule has 0 radical (unpaired) electrons. The number of rotatable bonds is 4. The highest BCUT2D eigenvalue weighted by Crippen LogP contribution is 2.20. The molecule has 0 atom stereocenters. The highest BCUT2D eigenvalue weighted by atomic mass is 32.1. The fourth-order valence-corrected chi connectivity index (χ4v) is 3.81. The number of carbonyl (C=O) groups is 2. The summed E-state index contributed by atoms with van der Waals surface area (Å²) in [7, 11) is 1.71. The second-order valence-electron chi connectivity index (χ2n) is 6.15. The maximum atomic E-state index is 12.6. The van der Waals surface area contributed by atoms with Crippen LogP contribution in [0.25, 0.3) is 10.2 Å². The van der Waals surface area contributed by atoms with Crippen LogP contribution >= 0.6 is 11.3 Å². The van der Waals surface area contributed by atoms with E-state index in [1.54, 1.807) is 22.9 Å². The Kier molecular flexibility index (Phi) is 4.98. The Labute approximate surface area is 149 Å². The first-order valence-corrected chi connectivity index (χ1v) is 9.00. The van der Waals surface area contributed by atoms with E-state index in [4.69, 9.17) is 0 Å². The van der Waals surface area contributed by atoms with Crippen molar-refractivity contribution >= 4 is 33.4 Å². The quantitative estimate of drug-likeness (QED) is 0.835. The summed E-state index contributed by atoms with van der Waals surface area (Å²) in [5.41, 5.74) is 0.480.